The number of carbonyl (C=O) groups is 2. The highest BCUT2D eigenvalue weighted by Crippen LogP contribution is 2.41. The first-order chi connectivity index (χ1) is 14.6. The smallest absolute Gasteiger partial charge is 0.254 e. The highest BCUT2D eigenvalue weighted by molar-refractivity contribution is 5.98. The van der Waals surface area contributed by atoms with Crippen molar-refractivity contribution in [1.29, 1.82) is 0 Å². The summed E-state index contributed by atoms with van der Waals surface area (Å²) >= 11 is 0. The number of benzene rings is 2. The molecule has 5 heteroatoms. The third-order valence-electron chi connectivity index (χ3n) is 6.59. The third kappa shape index (κ3) is 4.41. The molecule has 1 atom stereocenters. The fourth-order valence-corrected chi connectivity index (χ4v) is 5.05. The van der Waals surface area contributed by atoms with E-state index >= 15 is 0 Å². The number of aliphatic hydroxyl groups is 1. The van der Waals surface area contributed by atoms with Crippen molar-refractivity contribution in [3.8, 4) is 0 Å². The lowest BCUT2D eigenvalue weighted by Crippen LogP contribution is -2.43. The second-order valence-corrected chi connectivity index (χ2v) is 8.77. The minimum atomic E-state index is -0.406. The molecular weight excluding hydrogens is 376 g/mol. The molecule has 1 fully saturated rings. The summed E-state index contributed by atoms with van der Waals surface area (Å²) in [6.07, 6.45) is 5.65. The van der Waals surface area contributed by atoms with Crippen molar-refractivity contribution < 1.29 is 14.7 Å². The molecule has 2 aromatic carbocycles. The second kappa shape index (κ2) is 9.00. The first-order valence-electron chi connectivity index (χ1n) is 10.9. The van der Waals surface area contributed by atoms with Crippen LogP contribution in [0.5, 0.6) is 0 Å². The van der Waals surface area contributed by atoms with Crippen LogP contribution in [0.2, 0.25) is 0 Å². The third-order valence-corrected chi connectivity index (χ3v) is 6.59. The Hall–Kier alpha value is -2.66. The van der Waals surface area contributed by atoms with Crippen LogP contribution in [0.25, 0.3) is 0 Å². The number of nitrogens with one attached hydrogen (secondary N) is 1. The van der Waals surface area contributed by atoms with Gasteiger partial charge in [0.2, 0.25) is 5.91 Å². The largest absolute Gasteiger partial charge is 0.394 e. The first kappa shape index (κ1) is 20.6. The van der Waals surface area contributed by atoms with Gasteiger partial charge in [-0.3, -0.25) is 9.59 Å². The van der Waals surface area contributed by atoms with Crippen molar-refractivity contribution in [1.82, 2.24) is 10.2 Å². The molecule has 5 nitrogen and oxygen atoms in total. The quantitative estimate of drug-likeness (QED) is 0.734. The van der Waals surface area contributed by atoms with Gasteiger partial charge in [0.05, 0.1) is 12.6 Å². The zero-order chi connectivity index (χ0) is 21.0. The fourth-order valence-electron chi connectivity index (χ4n) is 5.05. The van der Waals surface area contributed by atoms with E-state index in [9.17, 15) is 14.7 Å². The van der Waals surface area contributed by atoms with E-state index in [4.69, 9.17) is 0 Å². The number of nitrogens with zero attached hydrogens (tertiary/aromatic N) is 1. The van der Waals surface area contributed by atoms with E-state index in [-0.39, 0.29) is 23.8 Å². The molecule has 30 heavy (non-hydrogen) atoms. The summed E-state index contributed by atoms with van der Waals surface area (Å²) < 4.78 is 0. The molecule has 0 unspecified atom stereocenters. The van der Waals surface area contributed by atoms with Gasteiger partial charge in [0.25, 0.3) is 5.91 Å². The summed E-state index contributed by atoms with van der Waals surface area (Å²) in [6, 6.07) is 16.9. The average molecular weight is 407 g/mol. The molecule has 0 bridgehead atoms. The molecule has 2 aliphatic rings. The van der Waals surface area contributed by atoms with E-state index in [1.165, 1.54) is 6.42 Å². The molecule has 2 amide bonds. The maximum Gasteiger partial charge on any atom is 0.254 e. The molecule has 158 valence electrons. The van der Waals surface area contributed by atoms with Crippen LogP contribution >= 0.6 is 0 Å². The van der Waals surface area contributed by atoms with Gasteiger partial charge in [-0.2, -0.15) is 0 Å². The van der Waals surface area contributed by atoms with Gasteiger partial charge in [0, 0.05) is 25.1 Å². The summed E-state index contributed by atoms with van der Waals surface area (Å²) in [5.41, 5.74) is 2.56. The number of amides is 2. The number of carbonyl (C=O) groups excluding carboxylic acids is 2. The zero-order valence-corrected chi connectivity index (χ0v) is 17.3. The normalized spacial score (nSPS) is 18.7. The van der Waals surface area contributed by atoms with Crippen LogP contribution < -0.4 is 5.32 Å². The second-order valence-electron chi connectivity index (χ2n) is 8.77. The molecule has 1 heterocycles. The molecule has 0 spiro atoms. The maximum atomic E-state index is 13.0. The van der Waals surface area contributed by atoms with Gasteiger partial charge in [-0.25, -0.2) is 0 Å². The molecule has 2 N–H and O–H groups in total. The predicted octanol–water partition coefficient (Wildman–Crippen LogP) is 3.83. The Morgan fingerprint density at radius 3 is 2.43 bits per heavy atom. The van der Waals surface area contributed by atoms with Crippen molar-refractivity contribution in [3.05, 3.63) is 71.3 Å². The van der Waals surface area contributed by atoms with Crippen molar-refractivity contribution in [2.24, 2.45) is 5.41 Å². The summed E-state index contributed by atoms with van der Waals surface area (Å²) in [5, 5.41) is 12.8. The Labute approximate surface area is 178 Å². The molecule has 0 radical (unpaired) electrons. The lowest BCUT2D eigenvalue weighted by Gasteiger charge is -2.40. The van der Waals surface area contributed by atoms with Crippen LogP contribution in [-0.4, -0.2) is 35.0 Å². The van der Waals surface area contributed by atoms with E-state index in [2.05, 4.69) is 5.32 Å². The number of fused-ring (bicyclic) bond motifs is 1. The number of hydrogen-bond acceptors (Lipinski definition) is 3. The maximum absolute atomic E-state index is 13.0. The molecule has 1 saturated carbocycles. The summed E-state index contributed by atoms with van der Waals surface area (Å²) in [5.74, 6) is 0.0254. The Morgan fingerprint density at radius 2 is 1.73 bits per heavy atom. The van der Waals surface area contributed by atoms with Gasteiger partial charge in [0.1, 0.15) is 0 Å². The zero-order valence-electron chi connectivity index (χ0n) is 17.3. The van der Waals surface area contributed by atoms with Crippen LogP contribution in [0, 0.1) is 5.41 Å². The Kier molecular flexibility index (Phi) is 6.18. The van der Waals surface area contributed by atoms with Crippen LogP contribution in [0.1, 0.15) is 66.1 Å². The SMILES string of the molecule is O=C(CC1(CN2Cc3ccccc3C2=O)CCCCC1)N[C@H](CO)c1ccccc1. The summed E-state index contributed by atoms with van der Waals surface area (Å²) in [6.45, 7) is 1.10. The van der Waals surface area contributed by atoms with Crippen LogP contribution in [0.3, 0.4) is 0 Å². The van der Waals surface area contributed by atoms with E-state index < -0.39 is 6.04 Å². The van der Waals surface area contributed by atoms with Gasteiger partial charge in [-0.1, -0.05) is 67.8 Å². The van der Waals surface area contributed by atoms with Crippen molar-refractivity contribution in [3.63, 3.8) is 0 Å². The molecule has 4 rings (SSSR count). The molecule has 1 aliphatic heterocycles. The fraction of sp³-hybridized carbons (Fsp3) is 0.440. The van der Waals surface area contributed by atoms with Crippen molar-refractivity contribution in [2.75, 3.05) is 13.2 Å². The van der Waals surface area contributed by atoms with Gasteiger partial charge < -0.3 is 15.3 Å². The lowest BCUT2D eigenvalue weighted by molar-refractivity contribution is -0.125. The standard InChI is InChI=1S/C25H30N2O3/c28-17-22(19-9-3-1-4-10-19)26-23(29)15-25(13-7-2-8-14-25)18-27-16-20-11-5-6-12-21(20)24(27)30/h1,3-6,9-12,22,28H,2,7-8,13-18H2,(H,26,29)/t22-/m1/s1. The number of aliphatic hydroxyl groups excluding tert-OH is 1. The van der Waals surface area contributed by atoms with E-state index in [0.717, 1.165) is 42.4 Å². The molecule has 0 aromatic heterocycles. The Bertz CT molecular complexity index is 890. The average Bonchev–Trinajstić information content (AvgIpc) is 3.08. The van der Waals surface area contributed by atoms with E-state index in [1.807, 2.05) is 59.5 Å². The van der Waals surface area contributed by atoms with Gasteiger partial charge in [-0.05, 0) is 35.4 Å². The summed E-state index contributed by atoms with van der Waals surface area (Å²) in [7, 11) is 0. The highest BCUT2D eigenvalue weighted by atomic mass is 16.3. The molecular formula is C25H30N2O3. The van der Waals surface area contributed by atoms with Gasteiger partial charge in [-0.15, -0.1) is 0 Å². The Balaban J connectivity index is 1.46. The number of hydrogen-bond donors (Lipinski definition) is 2. The molecule has 2 aromatic rings. The molecule has 1 aliphatic carbocycles. The predicted molar refractivity (Wildman–Crippen MR) is 116 cm³/mol. The first-order valence-corrected chi connectivity index (χ1v) is 10.9. The Morgan fingerprint density at radius 1 is 1.03 bits per heavy atom. The highest BCUT2D eigenvalue weighted by Gasteiger charge is 2.39. The monoisotopic (exact) mass is 406 g/mol. The minimum Gasteiger partial charge on any atom is -0.394 e. The van der Waals surface area contributed by atoms with Gasteiger partial charge >= 0.3 is 0 Å². The summed E-state index contributed by atoms with van der Waals surface area (Å²) in [4.78, 5) is 27.8. The lowest BCUT2D eigenvalue weighted by atomic mass is 9.71. The molecule has 0 saturated heterocycles. The van der Waals surface area contributed by atoms with Crippen molar-refractivity contribution >= 4 is 11.8 Å². The van der Waals surface area contributed by atoms with Crippen LogP contribution in [0.4, 0.5) is 0 Å². The van der Waals surface area contributed by atoms with Gasteiger partial charge in [0.15, 0.2) is 0 Å². The van der Waals surface area contributed by atoms with E-state index in [0.29, 0.717) is 19.5 Å². The van der Waals surface area contributed by atoms with E-state index in [1.54, 1.807) is 0 Å². The van der Waals surface area contributed by atoms with Crippen molar-refractivity contribution in [2.45, 2.75) is 51.1 Å². The number of rotatable bonds is 7. The topological polar surface area (TPSA) is 69.6 Å². The minimum absolute atomic E-state index is 0.0519. The van der Waals surface area contributed by atoms with Crippen LogP contribution in [-0.2, 0) is 11.3 Å². The van der Waals surface area contributed by atoms with Crippen LogP contribution in [0.15, 0.2) is 54.6 Å².